The van der Waals surface area contributed by atoms with Crippen molar-refractivity contribution in [1.29, 1.82) is 0 Å². The van der Waals surface area contributed by atoms with E-state index in [4.69, 9.17) is 9.53 Å². The molecule has 1 aliphatic rings. The van der Waals surface area contributed by atoms with E-state index < -0.39 is 17.7 Å². The van der Waals surface area contributed by atoms with Gasteiger partial charge in [0.2, 0.25) is 0 Å². The number of ether oxygens (including phenoxy) is 1. The first-order valence-electron chi connectivity index (χ1n) is 6.48. The minimum Gasteiger partial charge on any atom is -0.481 e. The fraction of sp³-hybridized carbons (Fsp3) is 0.375. The molecule has 0 amide bonds. The monoisotopic (exact) mass is 346 g/mol. The second-order valence-corrected chi connectivity index (χ2v) is 5.75. The predicted molar refractivity (Wildman–Crippen MR) is 87.6 cm³/mol. The van der Waals surface area contributed by atoms with E-state index >= 15 is 0 Å². The van der Waals surface area contributed by atoms with Crippen LogP contribution in [0.5, 0.6) is 5.75 Å². The molecule has 1 aromatic rings. The number of halogens is 2. The molecule has 1 aromatic carbocycles. The third-order valence-corrected chi connectivity index (χ3v) is 3.65. The summed E-state index contributed by atoms with van der Waals surface area (Å²) in [5.41, 5.74) is -1.15. The normalized spacial score (nSPS) is 15.6. The summed E-state index contributed by atoms with van der Waals surface area (Å²) >= 11 is 1.55. The van der Waals surface area contributed by atoms with Gasteiger partial charge in [-0.15, -0.1) is 11.8 Å². The van der Waals surface area contributed by atoms with Crippen LogP contribution in [-0.2, 0) is 9.59 Å². The number of carboxylic acid groups (broad SMARTS) is 1. The van der Waals surface area contributed by atoms with Gasteiger partial charge in [0.05, 0.1) is 12.8 Å². The van der Waals surface area contributed by atoms with E-state index in [0.29, 0.717) is 18.5 Å². The fourth-order valence-corrected chi connectivity index (χ4v) is 2.44. The number of carboxylic acids is 1. The molecular weight excluding hydrogens is 326 g/mol. The second-order valence-electron chi connectivity index (χ2n) is 4.87. The van der Waals surface area contributed by atoms with Gasteiger partial charge in [0.15, 0.2) is 6.10 Å². The van der Waals surface area contributed by atoms with Crippen molar-refractivity contribution < 1.29 is 28.2 Å². The summed E-state index contributed by atoms with van der Waals surface area (Å²) in [5, 5.41) is 9.20. The lowest BCUT2D eigenvalue weighted by Gasteiger charge is -2.32. The highest BCUT2D eigenvalue weighted by molar-refractivity contribution is 7.98. The molecule has 1 aliphatic heterocycles. The molecule has 0 radical (unpaired) electrons. The van der Waals surface area contributed by atoms with Crippen molar-refractivity contribution in [2.75, 3.05) is 13.4 Å². The van der Waals surface area contributed by atoms with Gasteiger partial charge in [-0.05, 0) is 44.4 Å². The zero-order chi connectivity index (χ0) is 18.2. The van der Waals surface area contributed by atoms with Crippen LogP contribution in [0, 0.1) is 0 Å². The van der Waals surface area contributed by atoms with Crippen molar-refractivity contribution in [1.82, 2.24) is 0 Å². The summed E-state index contributed by atoms with van der Waals surface area (Å²) in [6.45, 7) is 4.63. The lowest BCUT2D eigenvalue weighted by molar-refractivity contribution is -0.134. The van der Waals surface area contributed by atoms with Crippen LogP contribution in [-0.4, -0.2) is 43.1 Å². The Hall–Kier alpha value is -1.89. The maximum absolute atomic E-state index is 14.1. The number of aliphatic carboxylic acids is 1. The average Bonchev–Trinajstić information content (AvgIpc) is 2.55. The molecular formula is C16H20F2O4S. The molecule has 0 fully saturated rings. The zero-order valence-corrected chi connectivity index (χ0v) is 14.2. The van der Waals surface area contributed by atoms with Gasteiger partial charge in [0.1, 0.15) is 18.2 Å². The van der Waals surface area contributed by atoms with E-state index in [-0.39, 0.29) is 5.57 Å². The summed E-state index contributed by atoms with van der Waals surface area (Å²) in [6.07, 6.45) is 2.32. The molecule has 0 bridgehead atoms. The lowest BCUT2D eigenvalue weighted by Crippen LogP contribution is -2.42. The molecule has 1 unspecified atom stereocenters. The highest BCUT2D eigenvalue weighted by Gasteiger charge is 2.40. The summed E-state index contributed by atoms with van der Waals surface area (Å²) in [5.74, 6) is -0.644. The number of rotatable bonds is 3. The number of benzene rings is 1. The van der Waals surface area contributed by atoms with Crippen LogP contribution in [0.15, 0.2) is 28.7 Å². The Morgan fingerprint density at radius 1 is 1.35 bits per heavy atom. The van der Waals surface area contributed by atoms with Crippen molar-refractivity contribution in [3.63, 3.8) is 0 Å². The van der Waals surface area contributed by atoms with Crippen molar-refractivity contribution in [2.24, 2.45) is 0 Å². The van der Waals surface area contributed by atoms with Crippen LogP contribution in [0.2, 0.25) is 0 Å². The summed E-state index contributed by atoms with van der Waals surface area (Å²) in [4.78, 5) is 20.3. The molecule has 1 atom stereocenters. The number of fused-ring (bicyclic) bond motifs is 1. The van der Waals surface area contributed by atoms with Crippen molar-refractivity contribution in [2.45, 2.75) is 30.5 Å². The molecule has 23 heavy (non-hydrogen) atoms. The minimum atomic E-state index is -1.76. The highest BCUT2D eigenvalue weighted by Crippen LogP contribution is 2.37. The van der Waals surface area contributed by atoms with Gasteiger partial charge in [-0.2, -0.15) is 0 Å². The van der Waals surface area contributed by atoms with Gasteiger partial charge in [0.25, 0.3) is 0 Å². The Labute approximate surface area is 138 Å². The number of hydrogen-bond acceptors (Lipinski definition) is 4. The van der Waals surface area contributed by atoms with Gasteiger partial charge in [-0.1, -0.05) is 0 Å². The average molecular weight is 346 g/mol. The van der Waals surface area contributed by atoms with E-state index in [1.165, 1.54) is 19.9 Å². The molecule has 0 aromatic heterocycles. The molecule has 0 saturated heterocycles. The van der Waals surface area contributed by atoms with E-state index in [0.717, 1.165) is 4.90 Å². The summed E-state index contributed by atoms with van der Waals surface area (Å²) in [7, 11) is 0.500. The number of carbonyl (C=O) groups excluding carboxylic acids is 1. The van der Waals surface area contributed by atoms with Gasteiger partial charge in [0, 0.05) is 10.5 Å². The molecule has 4 nitrogen and oxygen atoms in total. The third kappa shape index (κ3) is 5.35. The van der Waals surface area contributed by atoms with E-state index in [9.17, 15) is 18.7 Å². The number of alkyl halides is 2. The molecule has 1 heterocycles. The number of carbonyl (C=O) groups is 2. The SMILES string of the molecule is C=O.CF.CSc1ccc2c(c1)C=C(C(=O)O)C(C(C)(C)F)O2. The largest absolute Gasteiger partial charge is 0.481 e. The predicted octanol–water partition coefficient (Wildman–Crippen LogP) is 3.79. The Morgan fingerprint density at radius 2 is 1.91 bits per heavy atom. The lowest BCUT2D eigenvalue weighted by atomic mass is 9.92. The van der Waals surface area contributed by atoms with Gasteiger partial charge >= 0.3 is 5.97 Å². The molecule has 0 saturated carbocycles. The van der Waals surface area contributed by atoms with E-state index in [1.54, 1.807) is 17.8 Å². The molecule has 7 heteroatoms. The van der Waals surface area contributed by atoms with Crippen molar-refractivity contribution in [3.8, 4) is 5.75 Å². The number of thioether (sulfide) groups is 1. The zero-order valence-electron chi connectivity index (χ0n) is 13.4. The van der Waals surface area contributed by atoms with Gasteiger partial charge in [-0.25, -0.2) is 9.18 Å². The fourth-order valence-electron chi connectivity index (χ4n) is 1.99. The maximum Gasteiger partial charge on any atom is 0.335 e. The summed E-state index contributed by atoms with van der Waals surface area (Å²) < 4.78 is 29.1. The standard InChI is InChI=1S/C14H15FO3S.CH3F.CH2O/c1-14(2,15)12-10(13(16)17)7-8-6-9(19-3)4-5-11(8)18-12;2*1-2/h4-7,12H,1-3H3,(H,16,17);1H3;1H2. The molecule has 2 rings (SSSR count). The van der Waals surface area contributed by atoms with E-state index in [2.05, 4.69) is 0 Å². The maximum atomic E-state index is 14.1. The Morgan fingerprint density at radius 3 is 2.35 bits per heavy atom. The van der Waals surface area contributed by atoms with Crippen LogP contribution < -0.4 is 4.74 Å². The van der Waals surface area contributed by atoms with Crippen molar-refractivity contribution >= 4 is 30.6 Å². The van der Waals surface area contributed by atoms with Crippen LogP contribution in [0.25, 0.3) is 6.08 Å². The van der Waals surface area contributed by atoms with Crippen LogP contribution in [0.1, 0.15) is 19.4 Å². The Kier molecular flexibility index (Phi) is 8.53. The van der Waals surface area contributed by atoms with Gasteiger partial charge < -0.3 is 14.6 Å². The van der Waals surface area contributed by atoms with Gasteiger partial charge in [-0.3, -0.25) is 4.39 Å². The molecule has 0 spiro atoms. The minimum absolute atomic E-state index is 0.0572. The first-order valence-corrected chi connectivity index (χ1v) is 7.70. The number of hydrogen-bond donors (Lipinski definition) is 1. The highest BCUT2D eigenvalue weighted by atomic mass is 32.2. The van der Waals surface area contributed by atoms with E-state index in [1.807, 2.05) is 25.2 Å². The van der Waals surface area contributed by atoms with Crippen LogP contribution >= 0.6 is 11.8 Å². The van der Waals surface area contributed by atoms with Crippen LogP contribution in [0.4, 0.5) is 8.78 Å². The first-order chi connectivity index (χ1) is 10.8. The topological polar surface area (TPSA) is 63.6 Å². The quantitative estimate of drug-likeness (QED) is 0.844. The Balaban J connectivity index is 0.00000112. The Bertz CT molecular complexity index is 568. The first kappa shape index (κ1) is 21.1. The van der Waals surface area contributed by atoms with Crippen molar-refractivity contribution in [3.05, 3.63) is 29.3 Å². The molecule has 0 aliphatic carbocycles. The summed E-state index contributed by atoms with van der Waals surface area (Å²) in [6, 6.07) is 5.45. The molecule has 1 N–H and O–H groups in total. The second kappa shape index (κ2) is 9.29. The third-order valence-electron chi connectivity index (χ3n) is 2.93. The van der Waals surface area contributed by atoms with Crippen LogP contribution in [0.3, 0.4) is 0 Å². The smallest absolute Gasteiger partial charge is 0.335 e. The molecule has 128 valence electrons.